The van der Waals surface area contributed by atoms with Crippen molar-refractivity contribution in [2.75, 3.05) is 70.9 Å². The number of nitrogens with two attached hydrogens (primary N) is 1. The van der Waals surface area contributed by atoms with Crippen LogP contribution in [0.4, 0.5) is 55.5 Å². The molecule has 0 aliphatic carbocycles. The fourth-order valence-electron chi connectivity index (χ4n) is 6.99. The molecule has 33 nitrogen and oxygen atoms in total. The summed E-state index contributed by atoms with van der Waals surface area (Å²) in [6.07, 6.45) is -4.52. The summed E-state index contributed by atoms with van der Waals surface area (Å²) in [5, 5.41) is 44.6. The van der Waals surface area contributed by atoms with Gasteiger partial charge in [-0.2, -0.15) is 44.6 Å². The molecular formula is C56H74Cs2F10IN18NaO15. The first-order valence-electron chi connectivity index (χ1n) is 28.9. The van der Waals surface area contributed by atoms with E-state index in [1.807, 2.05) is 54.2 Å². The van der Waals surface area contributed by atoms with Crippen LogP contribution in [0.3, 0.4) is 0 Å². The molecule has 0 saturated carbocycles. The largest absolute Gasteiger partial charge is 1.00 e. The Balaban J connectivity index is -0.000000382. The van der Waals surface area contributed by atoms with E-state index in [9.17, 15) is 63.1 Å². The molecular weight excluding hydrogens is 1770 g/mol. The van der Waals surface area contributed by atoms with Gasteiger partial charge in [0.1, 0.15) is 71.0 Å². The summed E-state index contributed by atoms with van der Waals surface area (Å²) in [5.74, 6) is 0.233. The summed E-state index contributed by atoms with van der Waals surface area (Å²) >= 11 is 1.27. The zero-order valence-corrected chi connectivity index (χ0v) is 75.1. The summed E-state index contributed by atoms with van der Waals surface area (Å²) in [6.45, 7) is 13.5. The number of pyridine rings is 2. The third kappa shape index (κ3) is 38.8. The predicted molar refractivity (Wildman–Crippen MR) is 339 cm³/mol. The van der Waals surface area contributed by atoms with Crippen LogP contribution in [0.15, 0.2) is 73.8 Å². The van der Waals surface area contributed by atoms with Gasteiger partial charge in [-0.3, -0.25) is 28.0 Å². The van der Waals surface area contributed by atoms with Gasteiger partial charge >= 0.3 is 204 Å². The van der Waals surface area contributed by atoms with Crippen LogP contribution in [-0.4, -0.2) is 193 Å². The molecule has 0 bridgehead atoms. The zero-order valence-electron chi connectivity index (χ0n) is 60.4. The van der Waals surface area contributed by atoms with E-state index in [0.29, 0.717) is 68.7 Å². The van der Waals surface area contributed by atoms with Crippen molar-refractivity contribution in [2.45, 2.75) is 106 Å². The molecule has 0 aliphatic rings. The molecule has 0 saturated heterocycles. The number of nitrogens with one attached hydrogen (secondary N) is 2. The molecule has 0 aromatic carbocycles. The van der Waals surface area contributed by atoms with E-state index in [1.165, 1.54) is 57.2 Å². The second kappa shape index (κ2) is 54.4. The maximum absolute atomic E-state index is 12.6. The van der Waals surface area contributed by atoms with E-state index in [0.717, 1.165) is 23.9 Å². The Bertz CT molecular complexity index is 3670. The van der Waals surface area contributed by atoms with Gasteiger partial charge in [-0.05, 0) is 79.7 Å². The number of alkyl halides is 11. The van der Waals surface area contributed by atoms with Crippen molar-refractivity contribution in [1.82, 2.24) is 79.0 Å². The Morgan fingerprint density at radius 3 is 1.39 bits per heavy atom. The first-order valence-corrected chi connectivity index (χ1v) is 29.7. The van der Waals surface area contributed by atoms with Gasteiger partial charge in [-0.15, -0.1) is 35.7 Å². The number of carbonyl (C=O) groups excluding carboxylic acids is 5. The quantitative estimate of drug-likeness (QED) is 0.0102. The number of aromatic amines is 1. The molecule has 0 fully saturated rings. The number of aromatic nitrogens is 16. The Hall–Kier alpha value is -5.18. The number of nitrogens with zero attached hydrogens (tertiary/aromatic N) is 15. The predicted octanol–water partition coefficient (Wildman–Crippen LogP) is -0.290. The molecule has 0 spiro atoms. The van der Waals surface area contributed by atoms with Crippen molar-refractivity contribution >= 4 is 64.5 Å². The maximum atomic E-state index is 12.6. The Kier molecular flexibility index (Phi) is 53.9. The molecule has 5 N–H and O–H groups in total. The summed E-state index contributed by atoms with van der Waals surface area (Å²) < 4.78 is 160. The minimum Gasteiger partial charge on any atom is -1.00 e. The number of aryl methyl sites for hydroxylation is 1. The first-order chi connectivity index (χ1) is 47.1. The smallest absolute Gasteiger partial charge is 1.00 e. The van der Waals surface area contributed by atoms with Gasteiger partial charge in [0.15, 0.2) is 11.6 Å². The van der Waals surface area contributed by atoms with Gasteiger partial charge in [0.2, 0.25) is 23.5 Å². The van der Waals surface area contributed by atoms with E-state index >= 15 is 0 Å². The number of methoxy groups -OCH3 is 4. The van der Waals surface area contributed by atoms with E-state index in [2.05, 4.69) is 89.4 Å². The standard InChI is InChI=1S/C17H21N7O2.C10H13N5.2C9H11F3N2O3.C7H10N2O3.C2H2F3I.CH3F.CH2O3.2Cs.Na.H2O.H/c1-5-23-9-12(17(22-23)26-4)16(25)20-14-8-6-7-13(19-14)15-21-18-10-24(15)11(2)3;1-7(2)15-6-12-14-10(15)8-4-3-5-9(11)13-8;2*1-3-17-8(15)6-4-14(5-9(10,11)12)13-7(6)16-2;1-3-12-7(10)5-4-8-9-6(5)11-2;3-2(4,5)1-6;1-2;2-1-4-3;;;;;/h6-11H,5H2,1-4H3,(H,19,20,25);3-7H,1-2H3,(H2,11,13);2*4H,3,5H2,1-2H3;4H,3H2,1-2H3,(H,8,9);1H2;1H3;1,3H;;;;1H2;/q;;;;;;;;3*+1;;-1/p-2/i;;;;;;1D;;;;;;. The molecule has 8 rings (SSSR count). The zero-order chi connectivity index (χ0) is 75.9. The maximum Gasteiger partial charge on any atom is 1.00 e. The molecule has 1 amide bonds. The summed E-state index contributed by atoms with van der Waals surface area (Å²) in [5.41, 5.74) is 7.42. The second-order valence-corrected chi connectivity index (χ2v) is 19.4. The van der Waals surface area contributed by atoms with Gasteiger partial charge in [-0.1, -0.05) is 34.7 Å². The van der Waals surface area contributed by atoms with Crippen LogP contribution in [0.2, 0.25) is 0 Å². The average molecular weight is 1850 g/mol. The minimum absolute atomic E-state index is 0. The molecule has 0 radical (unpaired) electrons. The van der Waals surface area contributed by atoms with Crippen molar-refractivity contribution in [2.24, 2.45) is 0 Å². The van der Waals surface area contributed by atoms with Crippen molar-refractivity contribution < 1.29 is 287 Å². The molecule has 47 heteroatoms. The minimum atomic E-state index is -4.41. The topological polar surface area (TPSA) is 420 Å². The fraction of sp³-hybridized carbons (Fsp3) is 0.446. The van der Waals surface area contributed by atoms with Crippen molar-refractivity contribution in [1.29, 1.82) is 0 Å². The number of ether oxygens (including phenoxy) is 7. The number of anilines is 2. The van der Waals surface area contributed by atoms with Gasteiger partial charge < -0.3 is 70.4 Å². The third-order valence-electron chi connectivity index (χ3n) is 11.0. The molecule has 558 valence electrons. The number of hydrogen-bond acceptors (Lipinski definition) is 26. The Morgan fingerprint density at radius 2 is 1.04 bits per heavy atom. The number of amides is 1. The monoisotopic (exact) mass is 1850 g/mol. The molecule has 8 aromatic heterocycles. The third-order valence-corrected chi connectivity index (χ3v) is 11.8. The SMILES string of the molecule is CC(C)n1cnnc1-c1cccc(N)n1.CCOC(=O)c1cn(CC(F)(F)F)nc1OC.CCOC(=O)c1cn(CC(F)(F)F)nc1OC.CCOC(=O)c1cn[nH]c1OC.CCn1cc(C(=O)Nc2cccc(-c3nncn3C(C)C)n2)c(OC)n1.FC(F)(F)CI.O=CO[O-].[2H]CF.[Cs+].[Cs+].[H-].[Na+].[OH-]. The van der Waals surface area contributed by atoms with E-state index in [-0.39, 0.29) is 235 Å². The first kappa shape index (κ1) is 102. The van der Waals surface area contributed by atoms with Crippen LogP contribution in [0.5, 0.6) is 23.5 Å². The number of nitrogen functional groups attached to an aromatic ring is 1. The van der Waals surface area contributed by atoms with Gasteiger partial charge in [0.05, 0.1) is 67.4 Å². The summed E-state index contributed by atoms with van der Waals surface area (Å²) in [6, 6.07) is 11.3. The van der Waals surface area contributed by atoms with Gasteiger partial charge in [0, 0.05) is 37.2 Å². The van der Waals surface area contributed by atoms with Crippen LogP contribution < -0.4 is 203 Å². The number of halogens is 11. The van der Waals surface area contributed by atoms with Crippen LogP contribution >= 0.6 is 22.6 Å². The fourth-order valence-corrected chi connectivity index (χ4v) is 6.99. The van der Waals surface area contributed by atoms with Crippen LogP contribution in [0.25, 0.3) is 23.0 Å². The number of carbonyl (C=O) groups is 5. The number of hydrogen-bond donors (Lipinski definition) is 3. The normalized spacial score (nSPS) is 10.3. The number of H-pyrrole nitrogens is 1. The molecule has 8 heterocycles. The Morgan fingerprint density at radius 1 is 0.660 bits per heavy atom. The van der Waals surface area contributed by atoms with Crippen molar-refractivity contribution in [3.8, 4) is 46.6 Å². The number of esters is 3. The van der Waals surface area contributed by atoms with E-state index in [4.69, 9.17) is 40.8 Å². The van der Waals surface area contributed by atoms with Crippen LogP contribution in [0, 0.1) is 0 Å². The molecule has 0 aliphatic heterocycles. The number of rotatable bonds is 20. The van der Waals surface area contributed by atoms with Gasteiger partial charge in [0.25, 0.3) is 12.4 Å². The average Bonchev–Trinajstić information content (AvgIpc) is 1.78. The van der Waals surface area contributed by atoms with E-state index in [1.54, 1.807) is 56.4 Å². The molecule has 8 aromatic rings. The van der Waals surface area contributed by atoms with E-state index < -0.39 is 61.1 Å². The molecule has 103 heavy (non-hydrogen) atoms. The second-order valence-electron chi connectivity index (χ2n) is 18.7. The summed E-state index contributed by atoms with van der Waals surface area (Å²) in [4.78, 5) is 66.4. The van der Waals surface area contributed by atoms with Gasteiger partial charge in [-0.25, -0.2) is 29.5 Å². The summed E-state index contributed by atoms with van der Waals surface area (Å²) in [7, 11) is 4.36. The molecule has 0 atom stereocenters. The van der Waals surface area contributed by atoms with Crippen LogP contribution in [0.1, 0.15) is 112 Å². The Labute approximate surface area is 739 Å². The van der Waals surface area contributed by atoms with Crippen molar-refractivity contribution in [3.63, 3.8) is 0 Å². The van der Waals surface area contributed by atoms with Crippen molar-refractivity contribution in [3.05, 3.63) is 96.1 Å². The van der Waals surface area contributed by atoms with Crippen LogP contribution in [-0.2, 0) is 43.5 Å². The molecule has 0 unspecified atom stereocenters.